The Morgan fingerprint density at radius 2 is 2.10 bits per heavy atom. The maximum absolute atomic E-state index is 12.6. The first-order chi connectivity index (χ1) is 9.82. The van der Waals surface area contributed by atoms with Crippen LogP contribution in [0, 0.1) is 0 Å². The fraction of sp³-hybridized carbons (Fsp3) is 0.357. The van der Waals surface area contributed by atoms with Gasteiger partial charge in [-0.2, -0.15) is 18.3 Å². The molecule has 0 saturated carbocycles. The molecule has 0 radical (unpaired) electrons. The largest absolute Gasteiger partial charge is 0.419 e. The number of halogens is 4. The van der Waals surface area contributed by atoms with Crippen LogP contribution in [0.3, 0.4) is 0 Å². The molecule has 1 aromatic heterocycles. The molecule has 3 nitrogen and oxygen atoms in total. The third-order valence-corrected chi connectivity index (χ3v) is 3.46. The number of rotatable bonds is 4. The molecule has 1 unspecified atom stereocenters. The van der Waals surface area contributed by atoms with Gasteiger partial charge in [0.2, 0.25) is 0 Å². The molecule has 0 bridgehead atoms. The molecule has 0 aliphatic carbocycles. The minimum absolute atomic E-state index is 0.0694. The zero-order chi connectivity index (χ0) is 15.6. The van der Waals surface area contributed by atoms with Crippen LogP contribution in [0.4, 0.5) is 13.2 Å². The van der Waals surface area contributed by atoms with Crippen LogP contribution in [0.25, 0.3) is 5.69 Å². The molecule has 0 amide bonds. The molecule has 1 heterocycles. The summed E-state index contributed by atoms with van der Waals surface area (Å²) in [5.74, 6) is 0. The van der Waals surface area contributed by atoms with Gasteiger partial charge in [-0.15, -0.1) is 0 Å². The molecule has 21 heavy (non-hydrogen) atoms. The molecule has 114 valence electrons. The summed E-state index contributed by atoms with van der Waals surface area (Å²) < 4.78 is 38.9. The van der Waals surface area contributed by atoms with Crippen LogP contribution >= 0.6 is 11.6 Å². The summed E-state index contributed by atoms with van der Waals surface area (Å²) in [5.41, 5.74) is 0.595. The van der Waals surface area contributed by atoms with E-state index in [1.54, 1.807) is 18.2 Å². The average molecular weight is 318 g/mol. The summed E-state index contributed by atoms with van der Waals surface area (Å²) >= 11 is 6.20. The Kier molecular flexibility index (Phi) is 4.58. The monoisotopic (exact) mass is 317 g/mol. The summed E-state index contributed by atoms with van der Waals surface area (Å²) in [6.45, 7) is 4.76. The SMILES string of the molecule is CCNC(C)c1ccc(-n2cc(C(F)(F)F)cn2)cc1Cl. The maximum atomic E-state index is 12.6. The summed E-state index contributed by atoms with van der Waals surface area (Å²) in [6, 6.07) is 5.17. The van der Waals surface area contributed by atoms with Gasteiger partial charge >= 0.3 is 6.18 Å². The lowest BCUT2D eigenvalue weighted by Gasteiger charge is -2.15. The van der Waals surface area contributed by atoms with Crippen molar-refractivity contribution in [1.29, 1.82) is 0 Å². The van der Waals surface area contributed by atoms with Gasteiger partial charge in [0.15, 0.2) is 0 Å². The Morgan fingerprint density at radius 1 is 1.38 bits per heavy atom. The Labute approximate surface area is 125 Å². The highest BCUT2D eigenvalue weighted by Crippen LogP contribution is 2.30. The van der Waals surface area contributed by atoms with E-state index in [9.17, 15) is 13.2 Å². The van der Waals surface area contributed by atoms with E-state index >= 15 is 0 Å². The highest BCUT2D eigenvalue weighted by atomic mass is 35.5. The number of alkyl halides is 3. The van der Waals surface area contributed by atoms with Crippen molar-refractivity contribution in [3.63, 3.8) is 0 Å². The molecule has 2 aromatic rings. The van der Waals surface area contributed by atoms with E-state index in [2.05, 4.69) is 10.4 Å². The van der Waals surface area contributed by atoms with Gasteiger partial charge in [-0.1, -0.05) is 24.6 Å². The second-order valence-corrected chi connectivity index (χ2v) is 5.06. The van der Waals surface area contributed by atoms with Crippen LogP contribution in [0.1, 0.15) is 31.0 Å². The van der Waals surface area contributed by atoms with E-state index in [1.165, 1.54) is 0 Å². The van der Waals surface area contributed by atoms with Gasteiger partial charge in [0, 0.05) is 17.3 Å². The van der Waals surface area contributed by atoms with Crippen molar-refractivity contribution in [2.45, 2.75) is 26.1 Å². The Bertz CT molecular complexity index is 622. The fourth-order valence-corrected chi connectivity index (χ4v) is 2.37. The predicted molar refractivity (Wildman–Crippen MR) is 75.7 cm³/mol. The average Bonchev–Trinajstić information content (AvgIpc) is 2.88. The molecule has 0 fully saturated rings. The zero-order valence-electron chi connectivity index (χ0n) is 11.6. The highest BCUT2D eigenvalue weighted by Gasteiger charge is 2.32. The molecule has 0 saturated heterocycles. The van der Waals surface area contributed by atoms with E-state index in [-0.39, 0.29) is 6.04 Å². The lowest BCUT2D eigenvalue weighted by Crippen LogP contribution is -2.18. The fourth-order valence-electron chi connectivity index (χ4n) is 2.04. The summed E-state index contributed by atoms with van der Waals surface area (Å²) in [5, 5.41) is 7.45. The third-order valence-electron chi connectivity index (χ3n) is 3.14. The predicted octanol–water partition coefficient (Wildman–Crippen LogP) is 4.22. The second-order valence-electron chi connectivity index (χ2n) is 4.66. The van der Waals surface area contributed by atoms with Gasteiger partial charge in [-0.25, -0.2) is 4.68 Å². The lowest BCUT2D eigenvalue weighted by atomic mass is 10.1. The van der Waals surface area contributed by atoms with Crippen LogP contribution in [0.15, 0.2) is 30.6 Å². The van der Waals surface area contributed by atoms with Crippen LogP contribution in [0.5, 0.6) is 0 Å². The van der Waals surface area contributed by atoms with Crippen LogP contribution in [0.2, 0.25) is 5.02 Å². The molecule has 2 rings (SSSR count). The number of nitrogens with one attached hydrogen (secondary N) is 1. The van der Waals surface area contributed by atoms with Crippen LogP contribution in [-0.2, 0) is 6.18 Å². The highest BCUT2D eigenvalue weighted by molar-refractivity contribution is 6.31. The van der Waals surface area contributed by atoms with E-state index in [0.717, 1.165) is 29.2 Å². The summed E-state index contributed by atoms with van der Waals surface area (Å²) in [6.07, 6.45) is -2.66. The van der Waals surface area contributed by atoms with Crippen molar-refractivity contribution in [1.82, 2.24) is 15.1 Å². The Hall–Kier alpha value is -1.53. The molecule has 7 heteroatoms. The van der Waals surface area contributed by atoms with Crippen molar-refractivity contribution in [2.75, 3.05) is 6.54 Å². The number of hydrogen-bond acceptors (Lipinski definition) is 2. The number of aromatic nitrogens is 2. The van der Waals surface area contributed by atoms with Gasteiger partial charge in [0.25, 0.3) is 0 Å². The first-order valence-corrected chi connectivity index (χ1v) is 6.85. The molecular weight excluding hydrogens is 303 g/mol. The van der Waals surface area contributed by atoms with Crippen molar-refractivity contribution >= 4 is 11.6 Å². The van der Waals surface area contributed by atoms with Gasteiger partial charge < -0.3 is 5.32 Å². The Balaban J connectivity index is 2.30. The van der Waals surface area contributed by atoms with E-state index in [4.69, 9.17) is 11.6 Å². The lowest BCUT2D eigenvalue weighted by molar-refractivity contribution is -0.137. The molecule has 1 aromatic carbocycles. The van der Waals surface area contributed by atoms with Gasteiger partial charge in [-0.3, -0.25) is 0 Å². The number of benzene rings is 1. The standard InChI is InChI=1S/C14H15ClF3N3/c1-3-19-9(2)12-5-4-11(6-13(12)15)21-8-10(7-20-21)14(16,17)18/h4-9,19H,3H2,1-2H3. The molecule has 0 spiro atoms. The maximum Gasteiger partial charge on any atom is 0.419 e. The zero-order valence-corrected chi connectivity index (χ0v) is 12.3. The normalized spacial score (nSPS) is 13.4. The quantitative estimate of drug-likeness (QED) is 0.915. The van der Waals surface area contributed by atoms with Crippen molar-refractivity contribution in [3.05, 3.63) is 46.7 Å². The topological polar surface area (TPSA) is 29.9 Å². The first kappa shape index (κ1) is 15.9. The van der Waals surface area contributed by atoms with E-state index in [1.807, 2.05) is 13.8 Å². The number of hydrogen-bond donors (Lipinski definition) is 1. The third kappa shape index (κ3) is 3.57. The summed E-state index contributed by atoms with van der Waals surface area (Å²) in [7, 11) is 0. The Morgan fingerprint density at radius 3 is 2.62 bits per heavy atom. The van der Waals surface area contributed by atoms with E-state index in [0.29, 0.717) is 10.7 Å². The minimum Gasteiger partial charge on any atom is -0.310 e. The first-order valence-electron chi connectivity index (χ1n) is 6.48. The molecular formula is C14H15ClF3N3. The van der Waals surface area contributed by atoms with Crippen molar-refractivity contribution in [2.24, 2.45) is 0 Å². The number of nitrogens with zero attached hydrogens (tertiary/aromatic N) is 2. The van der Waals surface area contributed by atoms with Gasteiger partial charge in [0.05, 0.1) is 17.4 Å². The smallest absolute Gasteiger partial charge is 0.310 e. The summed E-state index contributed by atoms with van der Waals surface area (Å²) in [4.78, 5) is 0. The second kappa shape index (κ2) is 6.07. The van der Waals surface area contributed by atoms with Crippen LogP contribution in [-0.4, -0.2) is 16.3 Å². The van der Waals surface area contributed by atoms with Crippen molar-refractivity contribution < 1.29 is 13.2 Å². The van der Waals surface area contributed by atoms with Crippen molar-refractivity contribution in [3.8, 4) is 5.69 Å². The molecule has 1 atom stereocenters. The molecule has 1 N–H and O–H groups in total. The van der Waals surface area contributed by atoms with Crippen LogP contribution < -0.4 is 5.32 Å². The minimum atomic E-state index is -4.40. The van der Waals surface area contributed by atoms with Gasteiger partial charge in [-0.05, 0) is 31.2 Å². The molecule has 0 aliphatic heterocycles. The van der Waals surface area contributed by atoms with Gasteiger partial charge in [0.1, 0.15) is 0 Å². The van der Waals surface area contributed by atoms with E-state index < -0.39 is 11.7 Å². The molecule has 0 aliphatic rings.